The van der Waals surface area contributed by atoms with Crippen LogP contribution in [0.3, 0.4) is 0 Å². The lowest BCUT2D eigenvalue weighted by molar-refractivity contribution is 0.0985. The molecular formula is C14H12FN3O. The normalized spacial score (nSPS) is 13.4. The van der Waals surface area contributed by atoms with Crippen molar-refractivity contribution in [3.63, 3.8) is 0 Å². The quantitative estimate of drug-likeness (QED) is 0.795. The fourth-order valence-electron chi connectivity index (χ4n) is 2.38. The number of hydrogen-bond acceptors (Lipinski definition) is 3. The fourth-order valence-corrected chi connectivity index (χ4v) is 2.38. The van der Waals surface area contributed by atoms with E-state index in [2.05, 4.69) is 4.98 Å². The third-order valence-electron chi connectivity index (χ3n) is 3.27. The smallest absolute Gasteiger partial charge is 0.261 e. The summed E-state index contributed by atoms with van der Waals surface area (Å²) in [6, 6.07) is 6.92. The Morgan fingerprint density at radius 2 is 2.21 bits per heavy atom. The Labute approximate surface area is 109 Å². The van der Waals surface area contributed by atoms with E-state index in [1.54, 1.807) is 6.07 Å². The van der Waals surface area contributed by atoms with E-state index in [-0.39, 0.29) is 11.5 Å². The molecule has 0 aliphatic carbocycles. The lowest BCUT2D eigenvalue weighted by Crippen LogP contribution is -2.30. The molecule has 3 rings (SSSR count). The molecule has 96 valence electrons. The van der Waals surface area contributed by atoms with Crippen LogP contribution in [-0.2, 0) is 6.42 Å². The lowest BCUT2D eigenvalue weighted by Gasteiger charge is -2.19. The van der Waals surface area contributed by atoms with Gasteiger partial charge in [0.15, 0.2) is 5.82 Å². The van der Waals surface area contributed by atoms with E-state index in [4.69, 9.17) is 5.73 Å². The summed E-state index contributed by atoms with van der Waals surface area (Å²) >= 11 is 0. The van der Waals surface area contributed by atoms with Crippen molar-refractivity contribution in [3.8, 4) is 0 Å². The van der Waals surface area contributed by atoms with E-state index in [9.17, 15) is 9.18 Å². The van der Waals surface area contributed by atoms with Crippen molar-refractivity contribution in [2.24, 2.45) is 0 Å². The van der Waals surface area contributed by atoms with Crippen LogP contribution in [0.4, 0.5) is 15.8 Å². The summed E-state index contributed by atoms with van der Waals surface area (Å²) in [5.74, 6) is -0.994. The number of nitrogens with two attached hydrogens (primary N) is 1. The van der Waals surface area contributed by atoms with Crippen LogP contribution in [0.1, 0.15) is 15.9 Å². The van der Waals surface area contributed by atoms with Crippen LogP contribution in [0.2, 0.25) is 0 Å². The number of halogens is 1. The summed E-state index contributed by atoms with van der Waals surface area (Å²) in [6.45, 7) is 0.518. The molecule has 1 aromatic heterocycles. The first-order valence-electron chi connectivity index (χ1n) is 5.97. The van der Waals surface area contributed by atoms with Crippen LogP contribution in [0, 0.1) is 5.82 Å². The summed E-state index contributed by atoms with van der Waals surface area (Å²) in [7, 11) is 0. The Hall–Kier alpha value is -2.43. The van der Waals surface area contributed by atoms with Gasteiger partial charge in [0.05, 0.1) is 23.1 Å². The monoisotopic (exact) mass is 257 g/mol. The summed E-state index contributed by atoms with van der Waals surface area (Å²) in [5, 5.41) is 0. The van der Waals surface area contributed by atoms with Gasteiger partial charge in [0.2, 0.25) is 0 Å². The Bertz CT molecular complexity index is 657. The Morgan fingerprint density at radius 1 is 1.37 bits per heavy atom. The number of nitrogens with zero attached hydrogens (tertiary/aromatic N) is 2. The molecule has 0 saturated carbocycles. The number of nitrogen functional groups attached to an aromatic ring is 1. The molecule has 0 radical (unpaired) electrons. The number of anilines is 2. The van der Waals surface area contributed by atoms with Gasteiger partial charge in [-0.05, 0) is 24.1 Å². The van der Waals surface area contributed by atoms with Gasteiger partial charge in [0, 0.05) is 12.7 Å². The van der Waals surface area contributed by atoms with Gasteiger partial charge in [-0.3, -0.25) is 9.78 Å². The van der Waals surface area contributed by atoms with E-state index >= 15 is 0 Å². The molecule has 0 spiro atoms. The minimum absolute atomic E-state index is 0.0195. The van der Waals surface area contributed by atoms with E-state index in [1.165, 1.54) is 17.2 Å². The number of carbonyl (C=O) groups excluding carboxylic acids is 1. The van der Waals surface area contributed by atoms with Crippen molar-refractivity contribution < 1.29 is 9.18 Å². The number of para-hydroxylation sites is 1. The maximum Gasteiger partial charge on any atom is 0.261 e. The summed E-state index contributed by atoms with van der Waals surface area (Å²) in [4.78, 5) is 17.6. The Morgan fingerprint density at radius 3 is 3.00 bits per heavy atom. The molecule has 4 nitrogen and oxygen atoms in total. The average Bonchev–Trinajstić information content (AvgIpc) is 2.84. The molecule has 1 aliphatic rings. The molecule has 1 amide bonds. The highest BCUT2D eigenvalue weighted by molar-refractivity contribution is 6.09. The van der Waals surface area contributed by atoms with Gasteiger partial charge in [-0.1, -0.05) is 12.1 Å². The second kappa shape index (κ2) is 4.35. The zero-order valence-electron chi connectivity index (χ0n) is 10.1. The number of carbonyl (C=O) groups is 1. The minimum Gasteiger partial charge on any atom is -0.397 e. The van der Waals surface area contributed by atoms with Gasteiger partial charge in [-0.2, -0.15) is 0 Å². The van der Waals surface area contributed by atoms with Crippen LogP contribution in [-0.4, -0.2) is 17.4 Å². The molecule has 0 saturated heterocycles. The van der Waals surface area contributed by atoms with Crippen LogP contribution >= 0.6 is 0 Å². The molecule has 0 unspecified atom stereocenters. The van der Waals surface area contributed by atoms with Crippen molar-refractivity contribution in [3.05, 3.63) is 53.6 Å². The maximum absolute atomic E-state index is 13.6. The fraction of sp³-hybridized carbons (Fsp3) is 0.143. The van der Waals surface area contributed by atoms with Gasteiger partial charge in [-0.25, -0.2) is 4.39 Å². The molecule has 2 N–H and O–H groups in total. The first-order valence-corrected chi connectivity index (χ1v) is 5.97. The molecule has 2 heterocycles. The van der Waals surface area contributed by atoms with Crippen molar-refractivity contribution >= 4 is 17.3 Å². The number of amides is 1. The molecule has 1 aliphatic heterocycles. The average molecular weight is 257 g/mol. The van der Waals surface area contributed by atoms with Crippen LogP contribution in [0.25, 0.3) is 0 Å². The molecule has 1 aromatic carbocycles. The Kier molecular flexibility index (Phi) is 2.67. The summed E-state index contributed by atoms with van der Waals surface area (Å²) in [5.41, 5.74) is 8.19. The van der Waals surface area contributed by atoms with E-state index in [1.807, 2.05) is 12.1 Å². The van der Waals surface area contributed by atoms with Crippen LogP contribution in [0.15, 0.2) is 36.7 Å². The minimum atomic E-state index is -0.615. The van der Waals surface area contributed by atoms with Gasteiger partial charge < -0.3 is 10.6 Å². The van der Waals surface area contributed by atoms with Gasteiger partial charge in [-0.15, -0.1) is 0 Å². The highest BCUT2D eigenvalue weighted by atomic mass is 19.1. The molecule has 0 bridgehead atoms. The third-order valence-corrected chi connectivity index (χ3v) is 3.27. The number of hydrogen-bond donors (Lipinski definition) is 1. The van der Waals surface area contributed by atoms with Crippen molar-refractivity contribution in [1.82, 2.24) is 4.98 Å². The molecule has 2 aromatic rings. The highest BCUT2D eigenvalue weighted by Gasteiger charge is 2.28. The molecular weight excluding hydrogens is 245 g/mol. The van der Waals surface area contributed by atoms with Crippen LogP contribution in [0.5, 0.6) is 0 Å². The zero-order chi connectivity index (χ0) is 13.4. The number of pyridine rings is 1. The SMILES string of the molecule is Nc1cccc2c1N(C(=O)c1ccncc1F)CC2. The maximum atomic E-state index is 13.6. The van der Waals surface area contributed by atoms with E-state index < -0.39 is 5.82 Å². The van der Waals surface area contributed by atoms with Crippen LogP contribution < -0.4 is 10.6 Å². The number of rotatable bonds is 1. The zero-order valence-corrected chi connectivity index (χ0v) is 10.1. The lowest BCUT2D eigenvalue weighted by atomic mass is 10.1. The Balaban J connectivity index is 2.03. The van der Waals surface area contributed by atoms with Gasteiger partial charge in [0.25, 0.3) is 5.91 Å². The van der Waals surface area contributed by atoms with E-state index in [0.29, 0.717) is 17.9 Å². The van der Waals surface area contributed by atoms with Crippen molar-refractivity contribution in [1.29, 1.82) is 0 Å². The topological polar surface area (TPSA) is 59.2 Å². The van der Waals surface area contributed by atoms with Gasteiger partial charge in [0.1, 0.15) is 0 Å². The summed E-state index contributed by atoms with van der Waals surface area (Å²) in [6.07, 6.45) is 3.18. The standard InChI is InChI=1S/C14H12FN3O/c15-11-8-17-6-4-10(11)14(19)18-7-5-9-2-1-3-12(16)13(9)18/h1-4,6,8H,5,7,16H2. The summed E-state index contributed by atoms with van der Waals surface area (Å²) < 4.78 is 13.6. The number of fused-ring (bicyclic) bond motifs is 1. The molecule has 5 heteroatoms. The molecule has 19 heavy (non-hydrogen) atoms. The van der Waals surface area contributed by atoms with Gasteiger partial charge >= 0.3 is 0 Å². The second-order valence-corrected chi connectivity index (χ2v) is 4.42. The molecule has 0 fully saturated rings. The predicted molar refractivity (Wildman–Crippen MR) is 70.4 cm³/mol. The first kappa shape index (κ1) is 11.6. The number of aromatic nitrogens is 1. The second-order valence-electron chi connectivity index (χ2n) is 4.42. The molecule has 0 atom stereocenters. The van der Waals surface area contributed by atoms with Crippen molar-refractivity contribution in [2.45, 2.75) is 6.42 Å². The van der Waals surface area contributed by atoms with Crippen molar-refractivity contribution in [2.75, 3.05) is 17.2 Å². The third kappa shape index (κ3) is 1.83. The number of benzene rings is 1. The highest BCUT2D eigenvalue weighted by Crippen LogP contribution is 2.34. The first-order chi connectivity index (χ1) is 9.18. The largest absolute Gasteiger partial charge is 0.397 e. The van der Waals surface area contributed by atoms with E-state index in [0.717, 1.165) is 18.2 Å². The predicted octanol–water partition coefficient (Wildman–Crippen LogP) is 2.01.